The SMILES string of the molecule is Cl.Cl.N#CC[C@@H](c1cc([N+](=O)[O-])cc(Br)c1O)N1CCNCC1. The molecule has 0 amide bonds. The molecule has 2 rings (SSSR count). The van der Waals surface area contributed by atoms with Gasteiger partial charge >= 0.3 is 0 Å². The Labute approximate surface area is 154 Å². The molecule has 2 N–H and O–H groups in total. The van der Waals surface area contributed by atoms with Crippen LogP contribution in [0.3, 0.4) is 0 Å². The first-order valence-corrected chi connectivity index (χ1v) is 7.32. The van der Waals surface area contributed by atoms with Crippen molar-refractivity contribution < 1.29 is 10.0 Å². The van der Waals surface area contributed by atoms with E-state index >= 15 is 0 Å². The lowest BCUT2D eigenvalue weighted by Gasteiger charge is -2.34. The fourth-order valence-corrected chi connectivity index (χ4v) is 2.94. The molecular weight excluding hydrogens is 411 g/mol. The molecule has 7 nitrogen and oxygen atoms in total. The van der Waals surface area contributed by atoms with Crippen LogP contribution >= 0.6 is 40.7 Å². The Morgan fingerprint density at radius 3 is 2.57 bits per heavy atom. The minimum atomic E-state index is -0.505. The van der Waals surface area contributed by atoms with E-state index in [9.17, 15) is 15.2 Å². The van der Waals surface area contributed by atoms with Gasteiger partial charge in [0.1, 0.15) is 5.75 Å². The first-order valence-electron chi connectivity index (χ1n) is 6.53. The number of benzene rings is 1. The quantitative estimate of drug-likeness (QED) is 0.565. The van der Waals surface area contributed by atoms with Crippen LogP contribution in [-0.2, 0) is 0 Å². The maximum absolute atomic E-state index is 11.0. The third-order valence-electron chi connectivity index (χ3n) is 3.52. The Balaban J connectivity index is 0.00000242. The Kier molecular flexibility index (Phi) is 9.42. The van der Waals surface area contributed by atoms with E-state index in [-0.39, 0.29) is 53.2 Å². The number of nitro benzene ring substituents is 1. The Hall–Kier alpha value is -1.11. The van der Waals surface area contributed by atoms with Crippen molar-refractivity contribution in [2.75, 3.05) is 26.2 Å². The molecule has 0 saturated carbocycles. The monoisotopic (exact) mass is 426 g/mol. The Bertz CT molecular complexity index is 591. The lowest BCUT2D eigenvalue weighted by atomic mass is 10.00. The zero-order valence-electron chi connectivity index (χ0n) is 12.1. The van der Waals surface area contributed by atoms with Gasteiger partial charge in [0.15, 0.2) is 0 Å². The molecule has 128 valence electrons. The van der Waals surface area contributed by atoms with Gasteiger partial charge in [-0.05, 0) is 15.9 Å². The minimum absolute atomic E-state index is 0. The van der Waals surface area contributed by atoms with Gasteiger partial charge in [0, 0.05) is 43.9 Å². The second-order valence-corrected chi connectivity index (χ2v) is 5.64. The van der Waals surface area contributed by atoms with Crippen molar-refractivity contribution in [2.45, 2.75) is 12.5 Å². The number of nitrogens with one attached hydrogen (secondary N) is 1. The van der Waals surface area contributed by atoms with Crippen LogP contribution in [0.5, 0.6) is 5.75 Å². The molecule has 0 bridgehead atoms. The molecule has 1 saturated heterocycles. The lowest BCUT2D eigenvalue weighted by molar-refractivity contribution is -0.385. The standard InChI is InChI=1S/C13H15BrN4O3.2ClH/c14-11-8-9(18(20)21)7-10(13(11)19)12(1-2-15)17-5-3-16-4-6-17;;/h7-8,12,16,19H,1,3-6H2;2*1H/t12-;;/m0../s1. The Morgan fingerprint density at radius 2 is 2.04 bits per heavy atom. The molecule has 1 heterocycles. The van der Waals surface area contributed by atoms with Gasteiger partial charge in [0.25, 0.3) is 5.69 Å². The molecule has 0 radical (unpaired) electrons. The number of hydrogen-bond acceptors (Lipinski definition) is 6. The minimum Gasteiger partial charge on any atom is -0.506 e. The molecular formula is C13H17BrCl2N4O3. The van der Waals surface area contributed by atoms with Gasteiger partial charge in [0.2, 0.25) is 0 Å². The summed E-state index contributed by atoms with van der Waals surface area (Å²) < 4.78 is 0.268. The summed E-state index contributed by atoms with van der Waals surface area (Å²) in [6.45, 7) is 3.04. The zero-order chi connectivity index (χ0) is 15.4. The van der Waals surface area contributed by atoms with E-state index in [1.165, 1.54) is 12.1 Å². The van der Waals surface area contributed by atoms with E-state index in [0.29, 0.717) is 5.56 Å². The number of nitrogens with zero attached hydrogens (tertiary/aromatic N) is 3. The average Bonchev–Trinajstić information content (AvgIpc) is 2.48. The molecule has 0 unspecified atom stereocenters. The van der Waals surface area contributed by atoms with E-state index in [1.54, 1.807) is 0 Å². The first kappa shape index (κ1) is 21.9. The summed E-state index contributed by atoms with van der Waals surface area (Å²) in [5.74, 6) is -0.0422. The number of halogens is 3. The van der Waals surface area contributed by atoms with E-state index in [1.807, 2.05) is 0 Å². The summed E-state index contributed by atoms with van der Waals surface area (Å²) in [4.78, 5) is 12.5. The van der Waals surface area contributed by atoms with Crippen LogP contribution in [0.1, 0.15) is 18.0 Å². The second kappa shape index (κ2) is 9.90. The van der Waals surface area contributed by atoms with Gasteiger partial charge in [-0.15, -0.1) is 24.8 Å². The van der Waals surface area contributed by atoms with E-state index in [0.717, 1.165) is 26.2 Å². The van der Waals surface area contributed by atoms with Gasteiger partial charge in [-0.2, -0.15) is 5.26 Å². The highest BCUT2D eigenvalue weighted by molar-refractivity contribution is 9.10. The van der Waals surface area contributed by atoms with E-state index < -0.39 is 4.92 Å². The number of nitriles is 1. The summed E-state index contributed by atoms with van der Waals surface area (Å²) in [6.07, 6.45) is 0.168. The maximum atomic E-state index is 11.0. The smallest absolute Gasteiger partial charge is 0.271 e. The van der Waals surface area contributed by atoms with Crippen molar-refractivity contribution in [3.63, 3.8) is 0 Å². The first-order chi connectivity index (χ1) is 10.0. The normalized spacial score (nSPS) is 15.7. The van der Waals surface area contributed by atoms with Gasteiger partial charge in [-0.25, -0.2) is 0 Å². The highest BCUT2D eigenvalue weighted by atomic mass is 79.9. The van der Waals surface area contributed by atoms with Gasteiger partial charge in [-0.3, -0.25) is 15.0 Å². The van der Waals surface area contributed by atoms with Crippen LogP contribution in [0.15, 0.2) is 16.6 Å². The third kappa shape index (κ3) is 5.19. The maximum Gasteiger partial charge on any atom is 0.271 e. The number of hydrogen-bond donors (Lipinski definition) is 2. The summed E-state index contributed by atoms with van der Waals surface area (Å²) >= 11 is 3.14. The molecule has 1 aliphatic rings. The summed E-state index contributed by atoms with van der Waals surface area (Å²) in [7, 11) is 0. The van der Waals surface area contributed by atoms with Crippen LogP contribution < -0.4 is 5.32 Å². The number of piperazine rings is 1. The van der Waals surface area contributed by atoms with Crippen LogP contribution in [0.2, 0.25) is 0 Å². The molecule has 23 heavy (non-hydrogen) atoms. The number of phenols is 1. The van der Waals surface area contributed by atoms with Crippen LogP contribution in [-0.4, -0.2) is 41.1 Å². The number of phenolic OH excluding ortho intramolecular Hbond substituents is 1. The molecule has 1 atom stereocenters. The second-order valence-electron chi connectivity index (χ2n) is 4.79. The zero-order valence-corrected chi connectivity index (χ0v) is 15.3. The van der Waals surface area contributed by atoms with Crippen molar-refractivity contribution in [2.24, 2.45) is 0 Å². The number of rotatable bonds is 4. The lowest BCUT2D eigenvalue weighted by Crippen LogP contribution is -2.45. The van der Waals surface area contributed by atoms with Gasteiger partial charge in [0.05, 0.1) is 27.9 Å². The fourth-order valence-electron chi connectivity index (χ4n) is 2.48. The van der Waals surface area contributed by atoms with Crippen LogP contribution in [0, 0.1) is 21.4 Å². The molecule has 1 aromatic carbocycles. The molecule has 0 spiro atoms. The third-order valence-corrected chi connectivity index (χ3v) is 4.13. The van der Waals surface area contributed by atoms with Gasteiger partial charge in [-0.1, -0.05) is 0 Å². The van der Waals surface area contributed by atoms with E-state index in [4.69, 9.17) is 5.26 Å². The molecule has 0 aliphatic carbocycles. The topological polar surface area (TPSA) is 102 Å². The number of nitro groups is 1. The molecule has 1 fully saturated rings. The van der Waals surface area contributed by atoms with Crippen molar-refractivity contribution >= 4 is 46.4 Å². The largest absolute Gasteiger partial charge is 0.506 e. The fraction of sp³-hybridized carbons (Fsp3) is 0.462. The number of aromatic hydroxyl groups is 1. The highest BCUT2D eigenvalue weighted by Crippen LogP contribution is 2.39. The van der Waals surface area contributed by atoms with Crippen LogP contribution in [0.25, 0.3) is 0 Å². The van der Waals surface area contributed by atoms with Crippen LogP contribution in [0.4, 0.5) is 5.69 Å². The van der Waals surface area contributed by atoms with Crippen molar-refractivity contribution in [1.82, 2.24) is 10.2 Å². The summed E-state index contributed by atoms with van der Waals surface area (Å²) in [6, 6.07) is 4.36. The van der Waals surface area contributed by atoms with Crippen molar-refractivity contribution in [3.05, 3.63) is 32.3 Å². The summed E-state index contributed by atoms with van der Waals surface area (Å²) in [5, 5.41) is 33.5. The van der Waals surface area contributed by atoms with Crippen molar-refractivity contribution in [3.8, 4) is 11.8 Å². The Morgan fingerprint density at radius 1 is 1.43 bits per heavy atom. The highest BCUT2D eigenvalue weighted by Gasteiger charge is 2.27. The van der Waals surface area contributed by atoms with Crippen molar-refractivity contribution in [1.29, 1.82) is 5.26 Å². The molecule has 1 aromatic rings. The van der Waals surface area contributed by atoms with Gasteiger partial charge < -0.3 is 10.4 Å². The predicted octanol–water partition coefficient (Wildman–Crippen LogP) is 2.77. The molecule has 10 heteroatoms. The predicted molar refractivity (Wildman–Crippen MR) is 94.4 cm³/mol. The molecule has 0 aromatic heterocycles. The van der Waals surface area contributed by atoms with E-state index in [2.05, 4.69) is 32.2 Å². The molecule has 1 aliphatic heterocycles. The average molecular weight is 428 g/mol. The summed E-state index contributed by atoms with van der Waals surface area (Å²) in [5.41, 5.74) is 0.312. The number of non-ortho nitro benzene ring substituents is 1.